The molecule has 0 spiro atoms. The van der Waals surface area contributed by atoms with Gasteiger partial charge in [0.25, 0.3) is 5.91 Å². The Morgan fingerprint density at radius 1 is 1.27 bits per heavy atom. The number of aryl methyl sites for hydroxylation is 1. The predicted molar refractivity (Wildman–Crippen MR) is 99.6 cm³/mol. The maximum absolute atomic E-state index is 12.9. The number of rotatable bonds is 5. The largest absolute Gasteiger partial charge is 0.331 e. The monoisotopic (exact) mass is 356 g/mol. The van der Waals surface area contributed by atoms with Crippen LogP contribution < -0.4 is 0 Å². The lowest BCUT2D eigenvalue weighted by molar-refractivity contribution is 0.0743. The first-order chi connectivity index (χ1) is 12.5. The summed E-state index contributed by atoms with van der Waals surface area (Å²) < 4.78 is 2.17. The van der Waals surface area contributed by atoms with Gasteiger partial charge in [0.2, 0.25) is 0 Å². The van der Waals surface area contributed by atoms with E-state index in [4.69, 9.17) is 0 Å². The van der Waals surface area contributed by atoms with E-state index in [0.717, 1.165) is 49.8 Å². The molecule has 7 nitrogen and oxygen atoms in total. The maximum atomic E-state index is 12.9. The van der Waals surface area contributed by atoms with Gasteiger partial charge < -0.3 is 9.47 Å². The van der Waals surface area contributed by atoms with Gasteiger partial charge in [-0.3, -0.25) is 14.7 Å². The van der Waals surface area contributed by atoms with Crippen LogP contribution in [0.3, 0.4) is 0 Å². The number of fused-ring (bicyclic) bond motifs is 1. The summed E-state index contributed by atoms with van der Waals surface area (Å²) >= 11 is 0. The molecule has 0 atom stereocenters. The van der Waals surface area contributed by atoms with E-state index in [1.165, 1.54) is 0 Å². The second-order valence-electron chi connectivity index (χ2n) is 7.16. The molecular weight excluding hydrogens is 328 g/mol. The molecule has 3 heterocycles. The quantitative estimate of drug-likeness (QED) is 0.821. The minimum Gasteiger partial charge on any atom is -0.331 e. The van der Waals surface area contributed by atoms with Crippen molar-refractivity contribution in [2.45, 2.75) is 59.3 Å². The Hall–Kier alpha value is -2.28. The Morgan fingerprint density at radius 2 is 2.08 bits per heavy atom. The van der Waals surface area contributed by atoms with Crippen LogP contribution in [-0.2, 0) is 26.1 Å². The number of amides is 1. The van der Waals surface area contributed by atoms with Crippen LogP contribution in [0.1, 0.15) is 54.9 Å². The van der Waals surface area contributed by atoms with E-state index in [9.17, 15) is 4.79 Å². The highest BCUT2D eigenvalue weighted by molar-refractivity contribution is 5.93. The van der Waals surface area contributed by atoms with Crippen LogP contribution in [0.2, 0.25) is 0 Å². The average Bonchev–Trinajstić information content (AvgIpc) is 2.89. The molecule has 7 heteroatoms. The zero-order chi connectivity index (χ0) is 18.7. The van der Waals surface area contributed by atoms with Crippen LogP contribution in [0.25, 0.3) is 0 Å². The fourth-order valence-corrected chi connectivity index (χ4v) is 3.06. The number of aromatic nitrogens is 4. The Kier molecular flexibility index (Phi) is 5.66. The minimum atomic E-state index is 0.0115. The SMILES string of the molecule is CCc1ccc(C(=O)N2CCCn3c(nnc3CN(C)C(C)C)C2)cn1. The van der Waals surface area contributed by atoms with Gasteiger partial charge in [-0.2, -0.15) is 0 Å². The predicted octanol–water partition coefficient (Wildman–Crippen LogP) is 2.12. The summed E-state index contributed by atoms with van der Waals surface area (Å²) in [4.78, 5) is 21.3. The minimum absolute atomic E-state index is 0.0115. The molecule has 0 saturated heterocycles. The molecule has 1 amide bonds. The van der Waals surface area contributed by atoms with Crippen LogP contribution in [0.15, 0.2) is 18.3 Å². The van der Waals surface area contributed by atoms with Crippen molar-refractivity contribution in [2.75, 3.05) is 13.6 Å². The highest BCUT2D eigenvalue weighted by atomic mass is 16.2. The Morgan fingerprint density at radius 3 is 2.73 bits per heavy atom. The summed E-state index contributed by atoms with van der Waals surface area (Å²) in [5, 5.41) is 8.73. The van der Waals surface area contributed by atoms with Crippen LogP contribution in [0.4, 0.5) is 0 Å². The van der Waals surface area contributed by atoms with E-state index in [2.05, 4.69) is 52.5 Å². The van der Waals surface area contributed by atoms with Crippen molar-refractivity contribution in [2.24, 2.45) is 0 Å². The van der Waals surface area contributed by atoms with E-state index in [1.54, 1.807) is 6.20 Å². The molecule has 0 aliphatic carbocycles. The molecule has 1 aliphatic rings. The van der Waals surface area contributed by atoms with Gasteiger partial charge >= 0.3 is 0 Å². The molecule has 140 valence electrons. The Labute approximate surface area is 155 Å². The lowest BCUT2D eigenvalue weighted by Crippen LogP contribution is -2.31. The van der Waals surface area contributed by atoms with Gasteiger partial charge in [-0.05, 0) is 45.9 Å². The molecule has 26 heavy (non-hydrogen) atoms. The molecular formula is C19H28N6O. The van der Waals surface area contributed by atoms with Crippen molar-refractivity contribution in [3.63, 3.8) is 0 Å². The van der Waals surface area contributed by atoms with Gasteiger partial charge in [-0.25, -0.2) is 0 Å². The summed E-state index contributed by atoms with van der Waals surface area (Å²) in [5.74, 6) is 1.85. The second-order valence-corrected chi connectivity index (χ2v) is 7.16. The molecule has 2 aromatic rings. The summed E-state index contributed by atoms with van der Waals surface area (Å²) in [6, 6.07) is 4.24. The van der Waals surface area contributed by atoms with E-state index >= 15 is 0 Å². The summed E-state index contributed by atoms with van der Waals surface area (Å²) in [6.45, 7) is 9.21. The van der Waals surface area contributed by atoms with Gasteiger partial charge in [0, 0.05) is 31.0 Å². The van der Waals surface area contributed by atoms with Crippen LogP contribution >= 0.6 is 0 Å². The number of carbonyl (C=O) groups is 1. The average molecular weight is 356 g/mol. The highest BCUT2D eigenvalue weighted by Crippen LogP contribution is 2.16. The summed E-state index contributed by atoms with van der Waals surface area (Å²) in [6.07, 6.45) is 3.45. The smallest absolute Gasteiger partial charge is 0.255 e. The van der Waals surface area contributed by atoms with E-state index in [1.807, 2.05) is 17.0 Å². The van der Waals surface area contributed by atoms with Crippen LogP contribution in [0.5, 0.6) is 0 Å². The first-order valence-corrected chi connectivity index (χ1v) is 9.35. The lowest BCUT2D eigenvalue weighted by Gasteiger charge is -2.20. The van der Waals surface area contributed by atoms with Crippen molar-refractivity contribution in [3.8, 4) is 0 Å². The van der Waals surface area contributed by atoms with Crippen molar-refractivity contribution >= 4 is 5.91 Å². The Bertz CT molecular complexity index is 752. The number of carbonyl (C=O) groups excluding carboxylic acids is 1. The van der Waals surface area contributed by atoms with Gasteiger partial charge in [-0.15, -0.1) is 10.2 Å². The van der Waals surface area contributed by atoms with E-state index in [0.29, 0.717) is 18.2 Å². The van der Waals surface area contributed by atoms with Crippen molar-refractivity contribution in [3.05, 3.63) is 41.2 Å². The molecule has 0 unspecified atom stereocenters. The number of nitrogens with zero attached hydrogens (tertiary/aromatic N) is 6. The lowest BCUT2D eigenvalue weighted by atomic mass is 10.2. The molecule has 3 rings (SSSR count). The highest BCUT2D eigenvalue weighted by Gasteiger charge is 2.24. The third-order valence-electron chi connectivity index (χ3n) is 5.04. The van der Waals surface area contributed by atoms with Gasteiger partial charge in [-0.1, -0.05) is 6.92 Å². The fourth-order valence-electron chi connectivity index (χ4n) is 3.06. The van der Waals surface area contributed by atoms with Gasteiger partial charge in [0.05, 0.1) is 18.7 Å². The standard InChI is InChI=1S/C19H28N6O/c1-5-16-8-7-15(11-20-16)19(26)24-9-6-10-25-17(12-23(4)14(2)3)21-22-18(25)13-24/h7-8,11,14H,5-6,9-10,12-13H2,1-4H3. The zero-order valence-electron chi connectivity index (χ0n) is 16.1. The molecule has 0 aromatic carbocycles. The van der Waals surface area contributed by atoms with Crippen molar-refractivity contribution in [1.82, 2.24) is 29.5 Å². The molecule has 0 radical (unpaired) electrons. The topological polar surface area (TPSA) is 67.2 Å². The molecule has 0 N–H and O–H groups in total. The molecule has 2 aromatic heterocycles. The van der Waals surface area contributed by atoms with Crippen LogP contribution in [-0.4, -0.2) is 55.1 Å². The van der Waals surface area contributed by atoms with Crippen LogP contribution in [0, 0.1) is 0 Å². The first-order valence-electron chi connectivity index (χ1n) is 9.35. The molecule has 0 bridgehead atoms. The summed E-state index contributed by atoms with van der Waals surface area (Å²) in [7, 11) is 2.09. The van der Waals surface area contributed by atoms with E-state index < -0.39 is 0 Å². The number of pyridine rings is 1. The molecule has 0 fully saturated rings. The normalized spacial score (nSPS) is 14.6. The first kappa shape index (κ1) is 18.5. The van der Waals surface area contributed by atoms with E-state index in [-0.39, 0.29) is 5.91 Å². The maximum Gasteiger partial charge on any atom is 0.255 e. The molecule has 1 aliphatic heterocycles. The second kappa shape index (κ2) is 7.95. The zero-order valence-corrected chi connectivity index (χ0v) is 16.1. The third kappa shape index (κ3) is 3.93. The van der Waals surface area contributed by atoms with Crippen molar-refractivity contribution < 1.29 is 4.79 Å². The number of hydrogen-bond donors (Lipinski definition) is 0. The fraction of sp³-hybridized carbons (Fsp3) is 0.579. The van der Waals surface area contributed by atoms with Gasteiger partial charge in [0.15, 0.2) is 5.82 Å². The van der Waals surface area contributed by atoms with Crippen molar-refractivity contribution in [1.29, 1.82) is 0 Å². The summed E-state index contributed by atoms with van der Waals surface area (Å²) in [5.41, 5.74) is 1.63. The third-order valence-corrected chi connectivity index (χ3v) is 5.04. The van der Waals surface area contributed by atoms with Gasteiger partial charge in [0.1, 0.15) is 5.82 Å². The number of hydrogen-bond acceptors (Lipinski definition) is 5. The molecule has 0 saturated carbocycles. The Balaban J connectivity index is 1.75.